The van der Waals surface area contributed by atoms with E-state index in [1.165, 1.54) is 0 Å². The minimum atomic E-state index is -0.167. The van der Waals surface area contributed by atoms with Gasteiger partial charge in [-0.1, -0.05) is 24.3 Å². The number of para-hydroxylation sites is 1. The van der Waals surface area contributed by atoms with Crippen LogP contribution in [0.2, 0.25) is 0 Å². The summed E-state index contributed by atoms with van der Waals surface area (Å²) in [5.41, 5.74) is 2.11. The van der Waals surface area contributed by atoms with Crippen LogP contribution in [0.1, 0.15) is 24.1 Å². The molecule has 3 rings (SSSR count). The molecular weight excluding hydrogens is 276 g/mol. The number of nitriles is 1. The molecule has 2 N–H and O–H groups in total. The number of aromatic amines is 1. The summed E-state index contributed by atoms with van der Waals surface area (Å²) in [6, 6.07) is 16.6. The molecule has 1 atom stereocenters. The number of hydrogen-bond acceptors (Lipinski definition) is 4. The molecule has 0 aliphatic heterocycles. The fraction of sp³-hybridized carbons (Fsp3) is 0.118. The van der Waals surface area contributed by atoms with Crippen molar-refractivity contribution in [3.05, 3.63) is 70.0 Å². The Kier molecular flexibility index (Phi) is 3.58. The number of fused-ring (bicyclic) bond motifs is 1. The van der Waals surface area contributed by atoms with E-state index in [1.807, 2.05) is 37.3 Å². The number of benzene rings is 2. The first-order valence-corrected chi connectivity index (χ1v) is 6.93. The molecule has 0 bridgehead atoms. The molecule has 0 saturated heterocycles. The predicted octanol–water partition coefficient (Wildman–Crippen LogP) is 2.97. The van der Waals surface area contributed by atoms with Gasteiger partial charge in [0.1, 0.15) is 0 Å². The number of rotatable bonds is 3. The van der Waals surface area contributed by atoms with E-state index in [0.717, 1.165) is 5.56 Å². The number of nitrogens with one attached hydrogen (secondary N) is 2. The first kappa shape index (κ1) is 13.8. The average Bonchev–Trinajstić information content (AvgIpc) is 2.55. The summed E-state index contributed by atoms with van der Waals surface area (Å²) in [4.78, 5) is 19.2. The van der Waals surface area contributed by atoms with Crippen molar-refractivity contribution in [1.29, 1.82) is 5.26 Å². The molecule has 2 aromatic carbocycles. The first-order chi connectivity index (χ1) is 10.7. The van der Waals surface area contributed by atoms with Crippen molar-refractivity contribution >= 4 is 16.9 Å². The summed E-state index contributed by atoms with van der Waals surface area (Å²) in [6.45, 7) is 1.97. The van der Waals surface area contributed by atoms with E-state index in [2.05, 4.69) is 21.4 Å². The van der Waals surface area contributed by atoms with Crippen LogP contribution in [0.25, 0.3) is 10.9 Å². The molecule has 5 heteroatoms. The fourth-order valence-corrected chi connectivity index (χ4v) is 2.29. The lowest BCUT2D eigenvalue weighted by Crippen LogP contribution is -2.15. The summed E-state index contributed by atoms with van der Waals surface area (Å²) in [5.74, 6) is 0.431. The van der Waals surface area contributed by atoms with Crippen molar-refractivity contribution in [3.8, 4) is 6.07 Å². The largest absolute Gasteiger partial charge is 0.349 e. The van der Waals surface area contributed by atoms with Crippen molar-refractivity contribution in [2.24, 2.45) is 0 Å². The van der Waals surface area contributed by atoms with Gasteiger partial charge in [-0.15, -0.1) is 0 Å². The van der Waals surface area contributed by atoms with Gasteiger partial charge in [0.15, 0.2) is 0 Å². The molecule has 0 spiro atoms. The smallest absolute Gasteiger partial charge is 0.260 e. The van der Waals surface area contributed by atoms with Crippen LogP contribution in [0.3, 0.4) is 0 Å². The van der Waals surface area contributed by atoms with Crippen molar-refractivity contribution < 1.29 is 0 Å². The van der Waals surface area contributed by atoms with Gasteiger partial charge < -0.3 is 5.32 Å². The van der Waals surface area contributed by atoms with Crippen LogP contribution >= 0.6 is 0 Å². The van der Waals surface area contributed by atoms with Gasteiger partial charge in [-0.2, -0.15) is 5.26 Å². The van der Waals surface area contributed by atoms with Gasteiger partial charge in [0.2, 0.25) is 5.95 Å². The highest BCUT2D eigenvalue weighted by Crippen LogP contribution is 2.17. The molecule has 0 aliphatic rings. The molecule has 5 nitrogen and oxygen atoms in total. The zero-order valence-electron chi connectivity index (χ0n) is 12.0. The third-order valence-corrected chi connectivity index (χ3v) is 3.51. The van der Waals surface area contributed by atoms with Crippen molar-refractivity contribution in [3.63, 3.8) is 0 Å². The van der Waals surface area contributed by atoms with E-state index in [9.17, 15) is 4.79 Å². The summed E-state index contributed by atoms with van der Waals surface area (Å²) in [5, 5.41) is 12.6. The average molecular weight is 290 g/mol. The number of hydrogen-bond donors (Lipinski definition) is 2. The Morgan fingerprint density at radius 1 is 1.18 bits per heavy atom. The maximum atomic E-state index is 12.0. The Labute approximate surface area is 127 Å². The maximum absolute atomic E-state index is 12.0. The Morgan fingerprint density at radius 3 is 2.64 bits per heavy atom. The third kappa shape index (κ3) is 2.67. The van der Waals surface area contributed by atoms with Crippen LogP contribution < -0.4 is 10.9 Å². The highest BCUT2D eigenvalue weighted by molar-refractivity contribution is 5.78. The van der Waals surface area contributed by atoms with Gasteiger partial charge in [-0.25, -0.2) is 4.98 Å². The normalized spacial score (nSPS) is 11.8. The van der Waals surface area contributed by atoms with Crippen LogP contribution in [0, 0.1) is 11.3 Å². The maximum Gasteiger partial charge on any atom is 0.260 e. The second-order valence-corrected chi connectivity index (χ2v) is 5.03. The second-order valence-electron chi connectivity index (χ2n) is 5.03. The molecule has 22 heavy (non-hydrogen) atoms. The SMILES string of the molecule is CC(Nc1nc2ccccc2c(=O)[nH]1)c1ccc(C#N)cc1. The molecule has 0 fully saturated rings. The van der Waals surface area contributed by atoms with Crippen LogP contribution in [-0.4, -0.2) is 9.97 Å². The minimum Gasteiger partial charge on any atom is -0.349 e. The number of aromatic nitrogens is 2. The lowest BCUT2D eigenvalue weighted by molar-refractivity contribution is 0.861. The molecular formula is C17H14N4O. The Hall–Kier alpha value is -3.13. The van der Waals surface area contributed by atoms with Gasteiger partial charge in [0.05, 0.1) is 28.6 Å². The fourth-order valence-electron chi connectivity index (χ4n) is 2.29. The Bertz CT molecular complexity index is 906. The summed E-state index contributed by atoms with van der Waals surface area (Å²) in [6.07, 6.45) is 0. The van der Waals surface area contributed by atoms with E-state index in [0.29, 0.717) is 22.4 Å². The molecule has 3 aromatic rings. The van der Waals surface area contributed by atoms with Gasteiger partial charge in [0.25, 0.3) is 5.56 Å². The molecule has 1 aromatic heterocycles. The van der Waals surface area contributed by atoms with Crippen LogP contribution in [0.5, 0.6) is 0 Å². The standard InChI is InChI=1S/C17H14N4O/c1-11(13-8-6-12(10-18)7-9-13)19-17-20-15-5-3-2-4-14(15)16(22)21-17/h2-9,11H,1H3,(H2,19,20,21,22). The highest BCUT2D eigenvalue weighted by Gasteiger charge is 2.08. The first-order valence-electron chi connectivity index (χ1n) is 6.93. The lowest BCUT2D eigenvalue weighted by atomic mass is 10.1. The van der Waals surface area contributed by atoms with Gasteiger partial charge in [-0.05, 0) is 36.8 Å². The number of nitrogens with zero attached hydrogens (tertiary/aromatic N) is 2. The summed E-state index contributed by atoms with van der Waals surface area (Å²) >= 11 is 0. The number of anilines is 1. The van der Waals surface area contributed by atoms with Crippen LogP contribution in [-0.2, 0) is 0 Å². The summed E-state index contributed by atoms with van der Waals surface area (Å²) in [7, 11) is 0. The van der Waals surface area contributed by atoms with Crippen LogP contribution in [0.15, 0.2) is 53.3 Å². The minimum absolute atomic E-state index is 0.0444. The van der Waals surface area contributed by atoms with E-state index in [1.54, 1.807) is 18.2 Å². The molecule has 0 saturated carbocycles. The predicted molar refractivity (Wildman–Crippen MR) is 85.6 cm³/mol. The molecule has 1 unspecified atom stereocenters. The van der Waals surface area contributed by atoms with E-state index >= 15 is 0 Å². The Balaban J connectivity index is 1.89. The Morgan fingerprint density at radius 2 is 1.91 bits per heavy atom. The molecule has 0 radical (unpaired) electrons. The zero-order chi connectivity index (χ0) is 15.5. The topological polar surface area (TPSA) is 81.6 Å². The van der Waals surface area contributed by atoms with Gasteiger partial charge in [-0.3, -0.25) is 9.78 Å². The monoisotopic (exact) mass is 290 g/mol. The summed E-state index contributed by atoms with van der Waals surface area (Å²) < 4.78 is 0. The molecule has 1 heterocycles. The quantitative estimate of drug-likeness (QED) is 0.777. The molecule has 0 amide bonds. The van der Waals surface area contributed by atoms with E-state index in [-0.39, 0.29) is 11.6 Å². The van der Waals surface area contributed by atoms with Crippen molar-refractivity contribution in [1.82, 2.24) is 9.97 Å². The number of H-pyrrole nitrogens is 1. The molecule has 108 valence electrons. The second kappa shape index (κ2) is 5.70. The highest BCUT2D eigenvalue weighted by atomic mass is 16.1. The lowest BCUT2D eigenvalue weighted by Gasteiger charge is -2.15. The van der Waals surface area contributed by atoms with Crippen LogP contribution in [0.4, 0.5) is 5.95 Å². The van der Waals surface area contributed by atoms with Gasteiger partial charge >= 0.3 is 0 Å². The van der Waals surface area contributed by atoms with E-state index < -0.39 is 0 Å². The zero-order valence-corrected chi connectivity index (χ0v) is 12.0. The van der Waals surface area contributed by atoms with Crippen molar-refractivity contribution in [2.45, 2.75) is 13.0 Å². The van der Waals surface area contributed by atoms with Gasteiger partial charge in [0, 0.05) is 0 Å². The van der Waals surface area contributed by atoms with Crippen molar-refractivity contribution in [2.75, 3.05) is 5.32 Å². The molecule has 0 aliphatic carbocycles. The third-order valence-electron chi connectivity index (χ3n) is 3.51. The van der Waals surface area contributed by atoms with E-state index in [4.69, 9.17) is 5.26 Å².